The molecule has 1 aromatic carbocycles. The van der Waals surface area contributed by atoms with Gasteiger partial charge in [-0.2, -0.15) is 0 Å². The molecule has 24 heavy (non-hydrogen) atoms. The molecule has 2 aromatic rings. The van der Waals surface area contributed by atoms with E-state index in [0.29, 0.717) is 0 Å². The Hall–Kier alpha value is -0.500. The van der Waals surface area contributed by atoms with Crippen molar-refractivity contribution in [3.63, 3.8) is 0 Å². The van der Waals surface area contributed by atoms with E-state index in [1.807, 2.05) is 11.3 Å². The second kappa shape index (κ2) is 5.76. The van der Waals surface area contributed by atoms with E-state index in [-0.39, 0.29) is 0 Å². The molecule has 2 aliphatic carbocycles. The van der Waals surface area contributed by atoms with Crippen molar-refractivity contribution >= 4 is 30.7 Å². The molecule has 3 heterocycles. The van der Waals surface area contributed by atoms with Crippen molar-refractivity contribution in [3.05, 3.63) is 67.9 Å². The first-order valence-corrected chi connectivity index (χ1v) is 13.9. The van der Waals surface area contributed by atoms with Crippen molar-refractivity contribution in [3.8, 4) is 0 Å². The summed E-state index contributed by atoms with van der Waals surface area (Å²) in [5, 5.41) is 1.77. The van der Waals surface area contributed by atoms with Crippen LogP contribution in [0.25, 0.3) is 11.3 Å². The van der Waals surface area contributed by atoms with Gasteiger partial charge < -0.3 is 0 Å². The number of aryl methyl sites for hydroxylation is 1. The first-order valence-electron chi connectivity index (χ1n) is 8.62. The van der Waals surface area contributed by atoms with Crippen molar-refractivity contribution in [1.82, 2.24) is 0 Å². The number of fused-ring (bicyclic) bond motifs is 1. The Kier molecular flexibility index (Phi) is 4.06. The quantitative estimate of drug-likeness (QED) is 0.426. The zero-order valence-electron chi connectivity index (χ0n) is 15.0. The molecule has 2 atom stereocenters. The van der Waals surface area contributed by atoms with E-state index >= 15 is 0 Å². The summed E-state index contributed by atoms with van der Waals surface area (Å²) >= 11 is 3.63. The molecule has 0 N–H and O–H groups in total. The maximum atomic E-state index is 2.52. The van der Waals surface area contributed by atoms with E-state index in [2.05, 4.69) is 70.3 Å². The Labute approximate surface area is 165 Å². The van der Waals surface area contributed by atoms with Gasteiger partial charge in [0, 0.05) is 15.3 Å². The fourth-order valence-corrected chi connectivity index (χ4v) is 12.0. The van der Waals surface area contributed by atoms with Gasteiger partial charge in [-0.05, 0) is 25.5 Å². The molecular formula is C21H23SSiZr. The molecule has 6 rings (SSSR count). The molecule has 0 fully saturated rings. The Morgan fingerprint density at radius 2 is 1.79 bits per heavy atom. The zero-order valence-corrected chi connectivity index (χ0v) is 19.3. The third-order valence-corrected chi connectivity index (χ3v) is 13.1. The molecule has 2 unspecified atom stereocenters. The van der Waals surface area contributed by atoms with Gasteiger partial charge in [0.25, 0.3) is 0 Å². The Morgan fingerprint density at radius 1 is 1.08 bits per heavy atom. The summed E-state index contributed by atoms with van der Waals surface area (Å²) in [4.78, 5) is 3.19. The number of thiophene rings is 1. The van der Waals surface area contributed by atoms with Crippen LogP contribution in [0.2, 0.25) is 13.1 Å². The zero-order chi connectivity index (χ0) is 17.2. The first-order chi connectivity index (χ1) is 11.3. The van der Waals surface area contributed by atoms with Crippen molar-refractivity contribution in [2.45, 2.75) is 43.0 Å². The second-order valence-electron chi connectivity index (χ2n) is 7.80. The Balaban J connectivity index is 0.000000123. The van der Waals surface area contributed by atoms with Crippen LogP contribution in [0.1, 0.15) is 49.5 Å². The van der Waals surface area contributed by atoms with E-state index < -0.39 is 8.07 Å². The van der Waals surface area contributed by atoms with Gasteiger partial charge in [0.05, 0.1) is 8.07 Å². The van der Waals surface area contributed by atoms with Crippen molar-refractivity contribution in [2.24, 2.45) is 0 Å². The molecule has 0 radical (unpaired) electrons. The fraction of sp³-hybridized carbons (Fsp3) is 0.333. The molecule has 2 aliphatic heterocycles. The van der Waals surface area contributed by atoms with Gasteiger partial charge in [0.15, 0.2) is 0 Å². The van der Waals surface area contributed by atoms with E-state index in [1.165, 1.54) is 21.6 Å². The van der Waals surface area contributed by atoms with Gasteiger partial charge >= 0.3 is 82.3 Å². The molecule has 0 saturated carbocycles. The molecule has 0 amide bonds. The van der Waals surface area contributed by atoms with Crippen LogP contribution in [0, 0.1) is 6.92 Å². The molecule has 1 aromatic heterocycles. The van der Waals surface area contributed by atoms with Gasteiger partial charge in [0.2, 0.25) is 0 Å². The van der Waals surface area contributed by atoms with Crippen LogP contribution in [0.4, 0.5) is 0 Å². The third-order valence-electron chi connectivity index (χ3n) is 5.75. The summed E-state index contributed by atoms with van der Waals surface area (Å²) in [7, 11) is -0.995. The van der Waals surface area contributed by atoms with Crippen LogP contribution in [0.3, 0.4) is 0 Å². The standard InChI is InChI=1S/C11H14SSi.C10H9.Zr/c1-6-5-8-9(12-6)11-7(2)10(8)13(11,3)4;1-8-6-9-4-2-3-5-10(9)7-8;/h5,11H,1-4H3;2-7H,1H3;. The van der Waals surface area contributed by atoms with Crippen LogP contribution in [0.15, 0.2) is 41.5 Å². The Morgan fingerprint density at radius 3 is 2.42 bits per heavy atom. The number of rotatable bonds is 0. The number of hydrogen-bond acceptors (Lipinski definition) is 1. The molecule has 0 nitrogen and oxygen atoms in total. The topological polar surface area (TPSA) is 0 Å². The maximum absolute atomic E-state index is 2.52. The van der Waals surface area contributed by atoms with Crippen LogP contribution >= 0.6 is 11.3 Å². The SMILES string of the molecule is CC1=C2c3cc(C)sc3C1[Si]2(C)C.CC1=Cc2ccccc2[CH]1[Zr]. The van der Waals surface area contributed by atoms with Crippen molar-refractivity contribution in [2.75, 3.05) is 0 Å². The third kappa shape index (κ3) is 2.31. The molecule has 4 aliphatic rings. The summed E-state index contributed by atoms with van der Waals surface area (Å²) in [6.07, 6.45) is 2.30. The van der Waals surface area contributed by atoms with Gasteiger partial charge in [0.1, 0.15) is 0 Å². The molecule has 121 valence electrons. The van der Waals surface area contributed by atoms with Crippen LogP contribution in [-0.2, 0) is 24.7 Å². The molecule has 2 bridgehead atoms. The van der Waals surface area contributed by atoms with E-state index in [9.17, 15) is 0 Å². The van der Waals surface area contributed by atoms with Crippen LogP contribution < -0.4 is 0 Å². The predicted octanol–water partition coefficient (Wildman–Crippen LogP) is 6.42. The summed E-state index contributed by atoms with van der Waals surface area (Å²) in [6.45, 7) is 11.8. The monoisotopic (exact) mass is 425 g/mol. The Bertz CT molecular complexity index is 900. The van der Waals surface area contributed by atoms with Crippen molar-refractivity contribution in [1.29, 1.82) is 0 Å². The molecule has 0 spiro atoms. The van der Waals surface area contributed by atoms with Crippen LogP contribution in [0.5, 0.6) is 0 Å². The minimum atomic E-state index is -0.995. The summed E-state index contributed by atoms with van der Waals surface area (Å²) in [5.74, 6) is 0. The van der Waals surface area contributed by atoms with E-state index in [1.54, 1.807) is 45.9 Å². The molecular weight excluding hydrogens is 404 g/mol. The van der Waals surface area contributed by atoms with Crippen LogP contribution in [-0.4, -0.2) is 8.07 Å². The average Bonchev–Trinajstić information content (AvgIpc) is 3.15. The summed E-state index contributed by atoms with van der Waals surface area (Å²) < 4.78 is 0.721. The van der Waals surface area contributed by atoms with Gasteiger partial charge in [-0.3, -0.25) is 0 Å². The summed E-state index contributed by atoms with van der Waals surface area (Å²) in [5.41, 5.74) is 8.66. The predicted molar refractivity (Wildman–Crippen MR) is 105 cm³/mol. The fourth-order valence-electron chi connectivity index (χ4n) is 4.77. The average molecular weight is 427 g/mol. The molecule has 0 saturated heterocycles. The number of benzene rings is 1. The van der Waals surface area contributed by atoms with Gasteiger partial charge in [-0.1, -0.05) is 23.9 Å². The summed E-state index contributed by atoms with van der Waals surface area (Å²) in [6, 6.07) is 11.1. The first kappa shape index (κ1) is 16.9. The minimum absolute atomic E-state index is 0.721. The van der Waals surface area contributed by atoms with Gasteiger partial charge in [-0.25, -0.2) is 0 Å². The molecule has 3 heteroatoms. The number of hydrogen-bond donors (Lipinski definition) is 0. The normalized spacial score (nSPS) is 24.6. The van der Waals surface area contributed by atoms with E-state index in [0.717, 1.165) is 9.17 Å². The van der Waals surface area contributed by atoms with E-state index in [4.69, 9.17) is 0 Å². The number of allylic oxidation sites excluding steroid dienone is 2. The van der Waals surface area contributed by atoms with Gasteiger partial charge in [-0.15, -0.1) is 11.3 Å². The van der Waals surface area contributed by atoms with Crippen molar-refractivity contribution < 1.29 is 24.7 Å². The second-order valence-corrected chi connectivity index (χ2v) is 15.0.